The molecule has 1 aromatic heterocycles. The smallest absolute Gasteiger partial charge is 0.297 e. The van der Waals surface area contributed by atoms with Crippen LogP contribution in [0.2, 0.25) is 0 Å². The highest BCUT2D eigenvalue weighted by molar-refractivity contribution is 5.53. The maximum atomic E-state index is 11.9. The Morgan fingerprint density at radius 3 is 2.65 bits per heavy atom. The van der Waals surface area contributed by atoms with Gasteiger partial charge in [-0.15, -0.1) is 0 Å². The summed E-state index contributed by atoms with van der Waals surface area (Å²) in [6.45, 7) is 4.00. The molecule has 0 radical (unpaired) electrons. The van der Waals surface area contributed by atoms with Crippen molar-refractivity contribution in [2.24, 2.45) is 0 Å². The van der Waals surface area contributed by atoms with Gasteiger partial charge in [0, 0.05) is 0 Å². The summed E-state index contributed by atoms with van der Waals surface area (Å²) >= 11 is 0. The van der Waals surface area contributed by atoms with E-state index in [1.807, 2.05) is 35.0 Å². The fraction of sp³-hybridized carbons (Fsp3) is 0.467. The number of benzene rings is 1. The Morgan fingerprint density at radius 1 is 1.15 bits per heavy atom. The van der Waals surface area contributed by atoms with Crippen molar-refractivity contribution in [1.29, 1.82) is 0 Å². The average Bonchev–Trinajstić information content (AvgIpc) is 2.88. The summed E-state index contributed by atoms with van der Waals surface area (Å²) in [5.41, 5.74) is 1.18. The van der Waals surface area contributed by atoms with Crippen LogP contribution in [-0.4, -0.2) is 29.8 Å². The second-order valence-corrected chi connectivity index (χ2v) is 5.25. The van der Waals surface area contributed by atoms with Crippen LogP contribution in [-0.2, 0) is 6.54 Å². The van der Waals surface area contributed by atoms with Gasteiger partial charge in [-0.05, 0) is 43.3 Å². The summed E-state index contributed by atoms with van der Waals surface area (Å²) in [4.78, 5) is 14.3. The molecule has 1 saturated heterocycles. The van der Waals surface area contributed by atoms with Crippen LogP contribution in [0.3, 0.4) is 0 Å². The summed E-state index contributed by atoms with van der Waals surface area (Å²) in [7, 11) is 0. The minimum atomic E-state index is -0.310. The number of rotatable bonds is 4. The molecule has 0 amide bonds. The van der Waals surface area contributed by atoms with E-state index in [1.165, 1.54) is 19.3 Å². The first-order chi connectivity index (χ1) is 9.84. The van der Waals surface area contributed by atoms with E-state index in [0.717, 1.165) is 31.7 Å². The number of nitrogens with one attached hydrogen (secondary N) is 1. The average molecular weight is 274 g/mol. The Kier molecular flexibility index (Phi) is 3.97. The molecule has 1 aliphatic rings. The predicted molar refractivity (Wildman–Crippen MR) is 75.3 cm³/mol. The van der Waals surface area contributed by atoms with E-state index in [2.05, 4.69) is 10.2 Å². The third-order valence-corrected chi connectivity index (χ3v) is 3.85. The molecule has 5 heteroatoms. The predicted octanol–water partition coefficient (Wildman–Crippen LogP) is 1.41. The normalized spacial score (nSPS) is 16.4. The highest BCUT2D eigenvalue weighted by Gasteiger charge is 2.23. The monoisotopic (exact) mass is 274 g/mol. The van der Waals surface area contributed by atoms with Gasteiger partial charge < -0.3 is 0 Å². The van der Waals surface area contributed by atoms with E-state index in [0.29, 0.717) is 5.69 Å². The van der Waals surface area contributed by atoms with Crippen LogP contribution in [0.25, 0.3) is 11.3 Å². The summed E-state index contributed by atoms with van der Waals surface area (Å²) < 4.78 is 6.77. The lowest BCUT2D eigenvalue weighted by molar-refractivity contribution is -0.752. The third kappa shape index (κ3) is 2.82. The van der Waals surface area contributed by atoms with E-state index in [4.69, 9.17) is 4.52 Å². The maximum Gasteiger partial charge on any atom is 0.435 e. The molecular formula is C15H20N3O2+. The van der Waals surface area contributed by atoms with Gasteiger partial charge in [-0.2, -0.15) is 0 Å². The van der Waals surface area contributed by atoms with Crippen LogP contribution in [0.5, 0.6) is 0 Å². The largest absolute Gasteiger partial charge is 0.435 e. The molecule has 1 fully saturated rings. The molecule has 20 heavy (non-hydrogen) atoms. The van der Waals surface area contributed by atoms with Crippen molar-refractivity contribution in [1.82, 2.24) is 10.2 Å². The van der Waals surface area contributed by atoms with Crippen molar-refractivity contribution < 1.29 is 9.20 Å². The standard InChI is InChI=1S/C15H19N3O2/c19-15-14(13-7-3-1-4-8-13)18(16-20-15)12-11-17-9-5-2-6-10-17/h1,3-4,7-8H,2,5-6,9-12H2/p+1. The molecule has 1 aromatic carbocycles. The third-order valence-electron chi connectivity index (χ3n) is 3.85. The molecule has 0 bridgehead atoms. The van der Waals surface area contributed by atoms with Gasteiger partial charge in [-0.25, -0.2) is 4.79 Å². The van der Waals surface area contributed by atoms with Gasteiger partial charge in [0.15, 0.2) is 6.54 Å². The SMILES string of the molecule is O=c1o[nH][n+](CCN2CCCCC2)c1-c1ccccc1. The second-order valence-electron chi connectivity index (χ2n) is 5.25. The fourth-order valence-electron chi connectivity index (χ4n) is 2.75. The zero-order valence-electron chi connectivity index (χ0n) is 11.5. The summed E-state index contributed by atoms with van der Waals surface area (Å²) in [6, 6.07) is 9.65. The molecule has 0 aliphatic carbocycles. The molecule has 0 spiro atoms. The van der Waals surface area contributed by atoms with Crippen LogP contribution in [0.1, 0.15) is 19.3 Å². The lowest BCUT2D eigenvalue weighted by Gasteiger charge is -2.24. The summed E-state index contributed by atoms with van der Waals surface area (Å²) in [5.74, 6) is 0. The fourth-order valence-corrected chi connectivity index (χ4v) is 2.75. The van der Waals surface area contributed by atoms with E-state index in [9.17, 15) is 4.79 Å². The van der Waals surface area contributed by atoms with E-state index >= 15 is 0 Å². The molecule has 0 unspecified atom stereocenters. The van der Waals surface area contributed by atoms with Gasteiger partial charge in [-0.1, -0.05) is 29.3 Å². The first-order valence-corrected chi connectivity index (χ1v) is 7.24. The molecule has 0 saturated carbocycles. The highest BCUT2D eigenvalue weighted by atomic mass is 16.5. The van der Waals surface area contributed by atoms with Crippen LogP contribution >= 0.6 is 0 Å². The van der Waals surface area contributed by atoms with Crippen LogP contribution in [0, 0.1) is 0 Å². The van der Waals surface area contributed by atoms with Crippen molar-refractivity contribution in [3.63, 3.8) is 0 Å². The number of H-pyrrole nitrogens is 1. The number of aromatic nitrogens is 2. The van der Waals surface area contributed by atoms with E-state index < -0.39 is 0 Å². The van der Waals surface area contributed by atoms with Crippen molar-refractivity contribution in [2.75, 3.05) is 19.6 Å². The Hall–Kier alpha value is -1.88. The number of hydrogen-bond acceptors (Lipinski definition) is 3. The molecule has 0 atom stereocenters. The van der Waals surface area contributed by atoms with Crippen molar-refractivity contribution in [2.45, 2.75) is 25.8 Å². The summed E-state index contributed by atoms with van der Waals surface area (Å²) in [6.07, 6.45) is 3.89. The van der Waals surface area contributed by atoms with Gasteiger partial charge in [0.2, 0.25) is 0 Å². The maximum absolute atomic E-state index is 11.9. The lowest BCUT2D eigenvalue weighted by atomic mass is 10.1. The van der Waals surface area contributed by atoms with E-state index in [1.54, 1.807) is 0 Å². The Balaban J connectivity index is 1.75. The molecule has 1 aliphatic heterocycles. The Morgan fingerprint density at radius 2 is 1.90 bits per heavy atom. The lowest BCUT2D eigenvalue weighted by Crippen LogP contribution is -2.45. The molecule has 106 valence electrons. The van der Waals surface area contributed by atoms with Crippen LogP contribution in [0.4, 0.5) is 0 Å². The minimum Gasteiger partial charge on any atom is -0.297 e. The number of aromatic amines is 1. The molecular weight excluding hydrogens is 254 g/mol. The van der Waals surface area contributed by atoms with Gasteiger partial charge in [0.1, 0.15) is 0 Å². The topological polar surface area (TPSA) is 53.1 Å². The van der Waals surface area contributed by atoms with Gasteiger partial charge in [0.05, 0.1) is 12.1 Å². The number of piperidine rings is 1. The van der Waals surface area contributed by atoms with Gasteiger partial charge in [0.25, 0.3) is 0 Å². The summed E-state index contributed by atoms with van der Waals surface area (Å²) in [5, 5.41) is 2.71. The molecule has 2 aromatic rings. The first-order valence-electron chi connectivity index (χ1n) is 7.24. The zero-order chi connectivity index (χ0) is 13.8. The molecule has 5 nitrogen and oxygen atoms in total. The molecule has 3 rings (SSSR count). The van der Waals surface area contributed by atoms with Gasteiger partial charge >= 0.3 is 11.3 Å². The quantitative estimate of drug-likeness (QED) is 0.858. The Labute approximate surface area is 117 Å². The Bertz CT molecular complexity index is 597. The second kappa shape index (κ2) is 6.05. The van der Waals surface area contributed by atoms with Crippen molar-refractivity contribution in [3.8, 4) is 11.3 Å². The van der Waals surface area contributed by atoms with Crippen molar-refractivity contribution in [3.05, 3.63) is 40.8 Å². The van der Waals surface area contributed by atoms with E-state index in [-0.39, 0.29) is 5.63 Å². The van der Waals surface area contributed by atoms with Crippen LogP contribution < -0.4 is 10.3 Å². The molecule has 2 heterocycles. The number of nitrogens with zero attached hydrogens (tertiary/aromatic N) is 2. The van der Waals surface area contributed by atoms with Crippen molar-refractivity contribution >= 4 is 0 Å². The van der Waals surface area contributed by atoms with Crippen LogP contribution in [0.15, 0.2) is 39.6 Å². The molecule has 1 N–H and O–H groups in total. The number of hydrogen-bond donors (Lipinski definition) is 1. The number of likely N-dealkylation sites (tertiary alicyclic amines) is 1. The first kappa shape index (κ1) is 13.1. The highest BCUT2D eigenvalue weighted by Crippen LogP contribution is 2.11. The zero-order valence-corrected chi connectivity index (χ0v) is 11.5. The minimum absolute atomic E-state index is 0.310. The van der Waals surface area contributed by atoms with Gasteiger partial charge in [-0.3, -0.25) is 9.42 Å².